The molecule has 0 spiro atoms. The van der Waals surface area contributed by atoms with Crippen LogP contribution in [-0.2, 0) is 14.8 Å². The molecule has 1 saturated heterocycles. The monoisotopic (exact) mass is 414 g/mol. The summed E-state index contributed by atoms with van der Waals surface area (Å²) < 4.78 is 46.2. The van der Waals surface area contributed by atoms with Gasteiger partial charge in [-0.3, -0.25) is 9.71 Å². The molecule has 0 radical (unpaired) electrons. The highest BCUT2D eigenvalue weighted by Gasteiger charge is 2.21. The van der Waals surface area contributed by atoms with Crippen LogP contribution in [0.1, 0.15) is 32.3 Å². The van der Waals surface area contributed by atoms with E-state index in [1.165, 1.54) is 6.07 Å². The van der Waals surface area contributed by atoms with Crippen molar-refractivity contribution in [1.82, 2.24) is 10.2 Å². The lowest BCUT2D eigenvalue weighted by Crippen LogP contribution is -2.47. The Balaban J connectivity index is 1.92. The number of ether oxygens (including phenoxy) is 1. The zero-order valence-corrected chi connectivity index (χ0v) is 17.7. The zero-order valence-electron chi connectivity index (χ0n) is 16.9. The van der Waals surface area contributed by atoms with Crippen molar-refractivity contribution in [2.24, 2.45) is 4.99 Å². The highest BCUT2D eigenvalue weighted by Crippen LogP contribution is 2.16. The van der Waals surface area contributed by atoms with Crippen molar-refractivity contribution in [2.75, 3.05) is 43.3 Å². The Morgan fingerprint density at radius 3 is 2.64 bits per heavy atom. The van der Waals surface area contributed by atoms with Crippen molar-refractivity contribution in [3.8, 4) is 0 Å². The number of likely N-dealkylation sites (tertiary alicyclic amines) is 1. The molecule has 0 atom stereocenters. The van der Waals surface area contributed by atoms with Crippen LogP contribution in [0.25, 0.3) is 0 Å². The van der Waals surface area contributed by atoms with E-state index in [0.29, 0.717) is 24.7 Å². The molecule has 1 fully saturated rings. The fourth-order valence-electron chi connectivity index (χ4n) is 3.05. The van der Waals surface area contributed by atoms with Crippen LogP contribution in [0.4, 0.5) is 10.1 Å². The van der Waals surface area contributed by atoms with Gasteiger partial charge in [0.2, 0.25) is 10.0 Å². The van der Waals surface area contributed by atoms with E-state index in [1.807, 2.05) is 13.8 Å². The fourth-order valence-corrected chi connectivity index (χ4v) is 3.97. The molecule has 0 aliphatic carbocycles. The molecule has 2 N–H and O–H groups in total. The number of halogens is 1. The normalized spacial score (nSPS) is 16.3. The molecular weight excluding hydrogens is 383 g/mol. The van der Waals surface area contributed by atoms with E-state index >= 15 is 0 Å². The van der Waals surface area contributed by atoms with Gasteiger partial charge in [0.1, 0.15) is 5.82 Å². The first-order chi connectivity index (χ1) is 13.3. The summed E-state index contributed by atoms with van der Waals surface area (Å²) in [7, 11) is -3.61. The smallest absolute Gasteiger partial charge is 0.234 e. The van der Waals surface area contributed by atoms with Crippen molar-refractivity contribution in [3.05, 3.63) is 29.6 Å². The van der Waals surface area contributed by atoms with E-state index in [4.69, 9.17) is 4.74 Å². The Bertz CT molecular complexity index is 762. The van der Waals surface area contributed by atoms with Crippen molar-refractivity contribution < 1.29 is 17.5 Å². The largest absolute Gasteiger partial charge is 0.378 e. The predicted octanol–water partition coefficient (Wildman–Crippen LogP) is 2.34. The number of aryl methyl sites for hydroxylation is 1. The van der Waals surface area contributed by atoms with Crippen LogP contribution in [0, 0.1) is 12.7 Å². The van der Waals surface area contributed by atoms with E-state index in [9.17, 15) is 12.8 Å². The Morgan fingerprint density at radius 1 is 1.32 bits per heavy atom. The molecule has 0 amide bonds. The molecule has 7 nitrogen and oxygen atoms in total. The Kier molecular flexibility index (Phi) is 8.50. The first kappa shape index (κ1) is 22.4. The zero-order chi connectivity index (χ0) is 20.6. The highest BCUT2D eigenvalue weighted by atomic mass is 32.2. The number of anilines is 1. The number of nitrogens with one attached hydrogen (secondary N) is 2. The summed E-state index contributed by atoms with van der Waals surface area (Å²) in [5.74, 6) is 0.101. The summed E-state index contributed by atoms with van der Waals surface area (Å²) in [6, 6.07) is 4.27. The molecule has 1 heterocycles. The second-order valence-corrected chi connectivity index (χ2v) is 8.60. The van der Waals surface area contributed by atoms with E-state index < -0.39 is 15.8 Å². The second-order valence-electron chi connectivity index (χ2n) is 6.76. The standard InChI is InChI=1S/C19H31FN4O3S/c1-4-21-19(24-11-8-17(9-12-24)27-5-2)22-10-13-28(25,26)23-16-7-6-15(3)18(20)14-16/h6-7,14,17,23H,4-5,8-13H2,1-3H3,(H,21,22). The van der Waals surface area contributed by atoms with Crippen molar-refractivity contribution in [3.63, 3.8) is 0 Å². The van der Waals surface area contributed by atoms with Gasteiger partial charge in [-0.1, -0.05) is 6.07 Å². The minimum absolute atomic E-state index is 0.122. The van der Waals surface area contributed by atoms with Gasteiger partial charge in [0.15, 0.2) is 5.96 Å². The van der Waals surface area contributed by atoms with Crippen LogP contribution >= 0.6 is 0 Å². The van der Waals surface area contributed by atoms with Gasteiger partial charge < -0.3 is 15.0 Å². The molecule has 1 aliphatic rings. The molecular formula is C19H31FN4O3S. The van der Waals surface area contributed by atoms with Crippen LogP contribution < -0.4 is 10.0 Å². The topological polar surface area (TPSA) is 83.0 Å². The van der Waals surface area contributed by atoms with Crippen molar-refractivity contribution in [2.45, 2.75) is 39.7 Å². The maximum atomic E-state index is 13.6. The third-order valence-electron chi connectivity index (χ3n) is 4.55. The van der Waals surface area contributed by atoms with Crippen LogP contribution in [-0.4, -0.2) is 63.9 Å². The molecule has 9 heteroatoms. The fraction of sp³-hybridized carbons (Fsp3) is 0.632. The van der Waals surface area contributed by atoms with Gasteiger partial charge in [0.05, 0.1) is 24.1 Å². The van der Waals surface area contributed by atoms with Crippen LogP contribution in [0.2, 0.25) is 0 Å². The second kappa shape index (κ2) is 10.6. The number of hydrogen-bond donors (Lipinski definition) is 2. The minimum Gasteiger partial charge on any atom is -0.378 e. The first-order valence-corrected chi connectivity index (χ1v) is 11.4. The SMILES string of the molecule is CCNC(=NCCS(=O)(=O)Nc1ccc(C)c(F)c1)N1CCC(OCC)CC1. The van der Waals surface area contributed by atoms with Crippen LogP contribution in [0.5, 0.6) is 0 Å². The molecule has 0 bridgehead atoms. The molecule has 0 saturated carbocycles. The number of aliphatic imine (C=N–C) groups is 1. The Morgan fingerprint density at radius 2 is 2.04 bits per heavy atom. The molecule has 1 aliphatic heterocycles. The summed E-state index contributed by atoms with van der Waals surface area (Å²) in [6.07, 6.45) is 2.14. The van der Waals surface area contributed by atoms with E-state index in [0.717, 1.165) is 25.9 Å². The number of guanidine groups is 1. The molecule has 28 heavy (non-hydrogen) atoms. The Labute approximate surface area is 167 Å². The Hall–Kier alpha value is -1.87. The van der Waals surface area contributed by atoms with E-state index in [1.54, 1.807) is 19.1 Å². The summed E-state index contributed by atoms with van der Waals surface area (Å²) in [4.78, 5) is 6.60. The maximum absolute atomic E-state index is 13.6. The van der Waals surface area contributed by atoms with Crippen molar-refractivity contribution >= 4 is 21.7 Å². The molecule has 158 valence electrons. The average molecular weight is 415 g/mol. The van der Waals surface area contributed by atoms with Gasteiger partial charge in [-0.15, -0.1) is 0 Å². The molecule has 1 aromatic rings. The number of sulfonamides is 1. The van der Waals surface area contributed by atoms with Crippen molar-refractivity contribution in [1.29, 1.82) is 0 Å². The summed E-state index contributed by atoms with van der Waals surface area (Å²) in [5, 5.41) is 3.22. The maximum Gasteiger partial charge on any atom is 0.234 e. The summed E-state index contributed by atoms with van der Waals surface area (Å²) in [6.45, 7) is 8.80. The molecule has 1 aromatic carbocycles. The van der Waals surface area contributed by atoms with Gasteiger partial charge in [0.25, 0.3) is 0 Å². The quantitative estimate of drug-likeness (QED) is 0.504. The molecule has 0 unspecified atom stereocenters. The van der Waals surface area contributed by atoms with Crippen LogP contribution in [0.3, 0.4) is 0 Å². The summed E-state index contributed by atoms with van der Waals surface area (Å²) >= 11 is 0. The van der Waals surface area contributed by atoms with Crippen LogP contribution in [0.15, 0.2) is 23.2 Å². The van der Waals surface area contributed by atoms with Gasteiger partial charge in [-0.2, -0.15) is 0 Å². The van der Waals surface area contributed by atoms with Gasteiger partial charge >= 0.3 is 0 Å². The lowest BCUT2D eigenvalue weighted by molar-refractivity contribution is 0.0264. The van der Waals surface area contributed by atoms with Gasteiger partial charge in [0, 0.05) is 26.2 Å². The lowest BCUT2D eigenvalue weighted by Gasteiger charge is -2.34. The average Bonchev–Trinajstić information content (AvgIpc) is 2.65. The molecule has 2 rings (SSSR count). The predicted molar refractivity (Wildman–Crippen MR) is 111 cm³/mol. The minimum atomic E-state index is -3.61. The highest BCUT2D eigenvalue weighted by molar-refractivity contribution is 7.92. The van der Waals surface area contributed by atoms with Gasteiger partial charge in [-0.25, -0.2) is 12.8 Å². The third kappa shape index (κ3) is 6.94. The number of piperidine rings is 1. The third-order valence-corrected chi connectivity index (χ3v) is 5.81. The first-order valence-electron chi connectivity index (χ1n) is 9.76. The molecule has 0 aromatic heterocycles. The van der Waals surface area contributed by atoms with E-state index in [2.05, 4.69) is 19.9 Å². The lowest BCUT2D eigenvalue weighted by atomic mass is 10.1. The van der Waals surface area contributed by atoms with E-state index in [-0.39, 0.29) is 24.1 Å². The summed E-state index contributed by atoms with van der Waals surface area (Å²) in [5.41, 5.74) is 0.688. The number of rotatable bonds is 8. The van der Waals surface area contributed by atoms with Gasteiger partial charge in [-0.05, 0) is 51.3 Å². The number of nitrogens with zero attached hydrogens (tertiary/aromatic N) is 2. The number of hydrogen-bond acceptors (Lipinski definition) is 4. The number of benzene rings is 1.